The molecule has 29 heavy (non-hydrogen) atoms. The van der Waals surface area contributed by atoms with Crippen molar-refractivity contribution in [3.05, 3.63) is 75.6 Å². The van der Waals surface area contributed by atoms with Crippen LogP contribution in [-0.4, -0.2) is 35.4 Å². The van der Waals surface area contributed by atoms with Crippen molar-refractivity contribution in [3.8, 4) is 11.5 Å². The van der Waals surface area contributed by atoms with E-state index in [1.807, 2.05) is 48.5 Å². The van der Waals surface area contributed by atoms with E-state index in [0.717, 1.165) is 16.5 Å². The first-order chi connectivity index (χ1) is 14.0. The van der Waals surface area contributed by atoms with Gasteiger partial charge in [0.25, 0.3) is 5.91 Å². The second-order valence-corrected chi connectivity index (χ2v) is 8.73. The van der Waals surface area contributed by atoms with Gasteiger partial charge in [0.05, 0.1) is 16.5 Å². The Labute approximate surface area is 188 Å². The fourth-order valence-corrected chi connectivity index (χ4v) is 4.72. The van der Waals surface area contributed by atoms with Crippen LogP contribution in [0.2, 0.25) is 0 Å². The molecule has 150 valence electrons. The Bertz CT molecular complexity index is 960. The summed E-state index contributed by atoms with van der Waals surface area (Å²) in [7, 11) is 1.58. The zero-order valence-corrected chi connectivity index (χ0v) is 19.1. The Balaban J connectivity index is 1.78. The van der Waals surface area contributed by atoms with E-state index in [0.29, 0.717) is 33.9 Å². The first-order valence-electron chi connectivity index (χ1n) is 8.94. The van der Waals surface area contributed by atoms with Gasteiger partial charge in [0.1, 0.15) is 10.9 Å². The average Bonchev–Trinajstić information content (AvgIpc) is 2.98. The van der Waals surface area contributed by atoms with Gasteiger partial charge in [0.15, 0.2) is 11.5 Å². The van der Waals surface area contributed by atoms with Gasteiger partial charge in [-0.1, -0.05) is 67.0 Å². The lowest BCUT2D eigenvalue weighted by atomic mass is 10.1. The second kappa shape index (κ2) is 10.1. The van der Waals surface area contributed by atoms with Gasteiger partial charge in [-0.25, -0.2) is 0 Å². The molecule has 7 heteroatoms. The Hall–Kier alpha value is -2.09. The van der Waals surface area contributed by atoms with Crippen LogP contribution in [0.3, 0.4) is 0 Å². The zero-order chi connectivity index (χ0) is 20.8. The molecule has 0 unspecified atom stereocenters. The normalized spacial score (nSPS) is 15.1. The average molecular weight is 490 g/mol. The molecule has 1 saturated heterocycles. The maximum absolute atomic E-state index is 12.9. The Kier molecular flexibility index (Phi) is 7.52. The summed E-state index contributed by atoms with van der Waals surface area (Å²) in [6.45, 7) is 4.59. The smallest absolute Gasteiger partial charge is 0.266 e. The van der Waals surface area contributed by atoms with Crippen molar-refractivity contribution < 1.29 is 14.3 Å². The van der Waals surface area contributed by atoms with Crippen LogP contribution >= 0.6 is 39.9 Å². The highest BCUT2D eigenvalue weighted by Gasteiger charge is 2.31. The minimum Gasteiger partial charge on any atom is -0.493 e. The van der Waals surface area contributed by atoms with Crippen molar-refractivity contribution in [1.29, 1.82) is 0 Å². The van der Waals surface area contributed by atoms with Gasteiger partial charge in [-0.05, 0) is 51.7 Å². The first-order valence-corrected chi connectivity index (χ1v) is 11.0. The number of carbonyl (C=O) groups is 1. The summed E-state index contributed by atoms with van der Waals surface area (Å²) in [4.78, 5) is 15.1. The van der Waals surface area contributed by atoms with Crippen molar-refractivity contribution in [2.45, 2.75) is 6.42 Å². The van der Waals surface area contributed by atoms with Gasteiger partial charge in [0.2, 0.25) is 0 Å². The summed E-state index contributed by atoms with van der Waals surface area (Å²) in [6, 6.07) is 13.8. The number of rotatable bonds is 8. The number of carbonyl (C=O) groups excluding carboxylic acids is 1. The van der Waals surface area contributed by atoms with Crippen LogP contribution in [0.1, 0.15) is 11.1 Å². The third-order valence-electron chi connectivity index (χ3n) is 4.24. The Morgan fingerprint density at radius 3 is 2.72 bits per heavy atom. The van der Waals surface area contributed by atoms with Crippen LogP contribution in [0.4, 0.5) is 0 Å². The van der Waals surface area contributed by atoms with Crippen LogP contribution in [0.5, 0.6) is 11.5 Å². The Morgan fingerprint density at radius 1 is 1.28 bits per heavy atom. The molecule has 1 aliphatic heterocycles. The van der Waals surface area contributed by atoms with Gasteiger partial charge in [-0.15, -0.1) is 0 Å². The SMILES string of the molecule is C=CCOc1c(Br)cc(/C=C2/SC(=S)N(CCc3ccccc3)C2=O)cc1OC. The molecule has 0 aliphatic carbocycles. The standard InChI is InChI=1S/C22H20BrNO3S2/c1-3-11-27-20-17(23)12-16(13-18(20)26-2)14-19-21(25)24(22(28)29-19)10-9-15-7-5-4-6-8-15/h3-8,12-14H,1,9-11H2,2H3/b19-14+. The van der Waals surface area contributed by atoms with E-state index in [2.05, 4.69) is 22.5 Å². The lowest BCUT2D eigenvalue weighted by molar-refractivity contribution is -0.122. The quantitative estimate of drug-likeness (QED) is 0.279. The molecule has 1 fully saturated rings. The second-order valence-electron chi connectivity index (χ2n) is 6.20. The zero-order valence-electron chi connectivity index (χ0n) is 15.9. The van der Waals surface area contributed by atoms with Crippen LogP contribution in [0, 0.1) is 0 Å². The highest BCUT2D eigenvalue weighted by molar-refractivity contribution is 9.10. The number of thiocarbonyl (C=S) groups is 1. The lowest BCUT2D eigenvalue weighted by Gasteiger charge is -2.14. The van der Waals surface area contributed by atoms with Gasteiger partial charge in [-0.3, -0.25) is 9.69 Å². The van der Waals surface area contributed by atoms with Gasteiger partial charge in [0, 0.05) is 6.54 Å². The number of methoxy groups -OCH3 is 1. The number of hydrogen-bond donors (Lipinski definition) is 0. The van der Waals surface area contributed by atoms with Crippen molar-refractivity contribution in [2.24, 2.45) is 0 Å². The van der Waals surface area contributed by atoms with Crippen molar-refractivity contribution in [3.63, 3.8) is 0 Å². The molecule has 0 N–H and O–H groups in total. The number of nitrogens with zero attached hydrogens (tertiary/aromatic N) is 1. The van der Waals surface area contributed by atoms with E-state index in [9.17, 15) is 4.79 Å². The molecule has 1 heterocycles. The summed E-state index contributed by atoms with van der Waals surface area (Å²) >= 11 is 10.3. The van der Waals surface area contributed by atoms with Crippen molar-refractivity contribution >= 4 is 56.2 Å². The maximum Gasteiger partial charge on any atom is 0.266 e. The topological polar surface area (TPSA) is 38.8 Å². The van der Waals surface area contributed by atoms with Crippen LogP contribution < -0.4 is 9.47 Å². The molecule has 0 spiro atoms. The monoisotopic (exact) mass is 489 g/mol. The number of hydrogen-bond acceptors (Lipinski definition) is 5. The minimum atomic E-state index is -0.0713. The summed E-state index contributed by atoms with van der Waals surface area (Å²) in [6.07, 6.45) is 4.25. The predicted octanol–water partition coefficient (Wildman–Crippen LogP) is 5.47. The largest absolute Gasteiger partial charge is 0.493 e. The molecular weight excluding hydrogens is 470 g/mol. The van der Waals surface area contributed by atoms with E-state index in [1.54, 1.807) is 18.1 Å². The minimum absolute atomic E-state index is 0.0713. The summed E-state index contributed by atoms with van der Waals surface area (Å²) < 4.78 is 12.4. The van der Waals surface area contributed by atoms with E-state index in [-0.39, 0.29) is 5.91 Å². The molecular formula is C22H20BrNO3S2. The fourth-order valence-electron chi connectivity index (χ4n) is 2.84. The highest BCUT2D eigenvalue weighted by Crippen LogP contribution is 2.39. The first kappa shape index (κ1) is 21.6. The molecule has 0 atom stereocenters. The van der Waals surface area contributed by atoms with Crippen LogP contribution in [0.25, 0.3) is 6.08 Å². The van der Waals surface area contributed by atoms with Gasteiger partial charge >= 0.3 is 0 Å². The summed E-state index contributed by atoms with van der Waals surface area (Å²) in [5.41, 5.74) is 2.00. The number of ether oxygens (including phenoxy) is 2. The maximum atomic E-state index is 12.9. The summed E-state index contributed by atoms with van der Waals surface area (Å²) in [5.74, 6) is 1.10. The van der Waals surface area contributed by atoms with Crippen LogP contribution in [0.15, 0.2) is 64.5 Å². The van der Waals surface area contributed by atoms with E-state index in [1.165, 1.54) is 17.3 Å². The number of halogens is 1. The third kappa shape index (κ3) is 5.29. The highest BCUT2D eigenvalue weighted by atomic mass is 79.9. The molecule has 4 nitrogen and oxygen atoms in total. The molecule has 0 radical (unpaired) electrons. The lowest BCUT2D eigenvalue weighted by Crippen LogP contribution is -2.30. The predicted molar refractivity (Wildman–Crippen MR) is 126 cm³/mol. The van der Waals surface area contributed by atoms with Crippen molar-refractivity contribution in [2.75, 3.05) is 20.3 Å². The molecule has 2 aromatic carbocycles. The molecule has 1 amide bonds. The third-order valence-corrected chi connectivity index (χ3v) is 6.20. The summed E-state index contributed by atoms with van der Waals surface area (Å²) in [5, 5.41) is 0. The molecule has 0 aromatic heterocycles. The van der Waals surface area contributed by atoms with E-state index in [4.69, 9.17) is 21.7 Å². The molecule has 0 saturated carbocycles. The molecule has 3 rings (SSSR count). The van der Waals surface area contributed by atoms with Crippen LogP contribution in [-0.2, 0) is 11.2 Å². The van der Waals surface area contributed by atoms with Gasteiger partial charge in [-0.2, -0.15) is 0 Å². The number of benzene rings is 2. The van der Waals surface area contributed by atoms with E-state index >= 15 is 0 Å². The van der Waals surface area contributed by atoms with Crippen molar-refractivity contribution in [1.82, 2.24) is 4.90 Å². The fraction of sp³-hybridized carbons (Fsp3) is 0.182. The Morgan fingerprint density at radius 2 is 2.03 bits per heavy atom. The number of amides is 1. The molecule has 0 bridgehead atoms. The number of thioether (sulfide) groups is 1. The molecule has 2 aromatic rings. The molecule has 1 aliphatic rings. The van der Waals surface area contributed by atoms with E-state index < -0.39 is 0 Å². The van der Waals surface area contributed by atoms with Gasteiger partial charge < -0.3 is 9.47 Å².